The van der Waals surface area contributed by atoms with Crippen LogP contribution in [0.4, 0.5) is 5.69 Å². The molecule has 0 aliphatic rings. The van der Waals surface area contributed by atoms with Crippen molar-refractivity contribution >= 4 is 17.8 Å². The van der Waals surface area contributed by atoms with Crippen LogP contribution in [0.5, 0.6) is 0 Å². The van der Waals surface area contributed by atoms with Crippen LogP contribution in [0.15, 0.2) is 64.1 Å². The molecule has 1 amide bonds. The van der Waals surface area contributed by atoms with Gasteiger partial charge in [-0.25, -0.2) is 5.43 Å². The number of benzene rings is 2. The maximum atomic E-state index is 12.0. The van der Waals surface area contributed by atoms with Crippen molar-refractivity contribution in [2.24, 2.45) is 5.10 Å². The van der Waals surface area contributed by atoms with E-state index in [0.717, 1.165) is 11.1 Å². The van der Waals surface area contributed by atoms with Gasteiger partial charge in [0.25, 0.3) is 5.69 Å². The van der Waals surface area contributed by atoms with Gasteiger partial charge in [0.2, 0.25) is 5.91 Å². The summed E-state index contributed by atoms with van der Waals surface area (Å²) in [6.07, 6.45) is 1.62. The summed E-state index contributed by atoms with van der Waals surface area (Å²) in [5, 5.41) is 14.8. The first kappa shape index (κ1) is 19.0. The summed E-state index contributed by atoms with van der Waals surface area (Å²) in [6, 6.07) is 15.4. The van der Waals surface area contributed by atoms with E-state index >= 15 is 0 Å². The molecule has 7 nitrogen and oxygen atoms in total. The monoisotopic (exact) mass is 377 g/mol. The minimum Gasteiger partial charge on any atom is -0.455 e. The molecule has 2 aromatic carbocycles. The summed E-state index contributed by atoms with van der Waals surface area (Å²) in [4.78, 5) is 22.4. The van der Waals surface area contributed by atoms with Gasteiger partial charge in [-0.2, -0.15) is 5.10 Å². The molecule has 0 saturated heterocycles. The van der Waals surface area contributed by atoms with Crippen LogP contribution < -0.4 is 5.43 Å². The summed E-state index contributed by atoms with van der Waals surface area (Å²) in [7, 11) is 0. The summed E-state index contributed by atoms with van der Waals surface area (Å²) in [5.74, 6) is 0.671. The molecule has 1 heterocycles. The SMILES string of the molecule is Cc1ccc(CC(=O)N/N=C\c2ccc(-c3cccc([N+](=O)[O-])c3)o2)cc1C. The van der Waals surface area contributed by atoms with E-state index < -0.39 is 4.92 Å². The van der Waals surface area contributed by atoms with Crippen LogP contribution in [0.3, 0.4) is 0 Å². The van der Waals surface area contributed by atoms with E-state index in [1.807, 2.05) is 32.0 Å². The average Bonchev–Trinajstić information content (AvgIpc) is 3.14. The van der Waals surface area contributed by atoms with Crippen molar-refractivity contribution in [3.05, 3.63) is 87.2 Å². The molecule has 0 unspecified atom stereocenters. The van der Waals surface area contributed by atoms with Crippen molar-refractivity contribution < 1.29 is 14.1 Å². The molecule has 0 spiro atoms. The number of hydrogen-bond acceptors (Lipinski definition) is 5. The molecule has 1 aromatic heterocycles. The fourth-order valence-electron chi connectivity index (χ4n) is 2.66. The van der Waals surface area contributed by atoms with Crippen molar-refractivity contribution in [3.63, 3.8) is 0 Å². The number of carbonyl (C=O) groups excluding carboxylic acids is 1. The molecule has 0 bridgehead atoms. The molecule has 142 valence electrons. The Morgan fingerprint density at radius 3 is 2.71 bits per heavy atom. The first-order valence-corrected chi connectivity index (χ1v) is 8.65. The summed E-state index contributed by atoms with van der Waals surface area (Å²) >= 11 is 0. The van der Waals surface area contributed by atoms with Crippen LogP contribution in [-0.4, -0.2) is 17.0 Å². The van der Waals surface area contributed by atoms with Crippen LogP contribution in [-0.2, 0) is 11.2 Å². The van der Waals surface area contributed by atoms with Gasteiger partial charge in [0.15, 0.2) is 0 Å². The number of carbonyl (C=O) groups is 1. The lowest BCUT2D eigenvalue weighted by molar-refractivity contribution is -0.384. The Hall–Kier alpha value is -3.74. The molecule has 0 aliphatic carbocycles. The summed E-state index contributed by atoms with van der Waals surface area (Å²) in [6.45, 7) is 4.03. The van der Waals surface area contributed by atoms with Crippen LogP contribution in [0.1, 0.15) is 22.5 Å². The normalized spacial score (nSPS) is 10.9. The second-order valence-corrected chi connectivity index (χ2v) is 6.40. The zero-order valence-electron chi connectivity index (χ0n) is 15.5. The van der Waals surface area contributed by atoms with Gasteiger partial charge in [0.1, 0.15) is 11.5 Å². The first-order chi connectivity index (χ1) is 13.4. The molecule has 3 rings (SSSR count). The molecule has 0 fully saturated rings. The molecule has 0 radical (unpaired) electrons. The third kappa shape index (κ3) is 4.70. The predicted octanol–water partition coefficient (Wildman–Crippen LogP) is 4.16. The second kappa shape index (κ2) is 8.30. The van der Waals surface area contributed by atoms with Gasteiger partial charge >= 0.3 is 0 Å². The number of furan rings is 1. The second-order valence-electron chi connectivity index (χ2n) is 6.40. The van der Waals surface area contributed by atoms with Crippen molar-refractivity contribution in [3.8, 4) is 11.3 Å². The number of rotatable bonds is 6. The predicted molar refractivity (Wildman–Crippen MR) is 106 cm³/mol. The topological polar surface area (TPSA) is 97.7 Å². The molecular formula is C21H19N3O4. The maximum Gasteiger partial charge on any atom is 0.270 e. The van der Waals surface area contributed by atoms with Gasteiger partial charge < -0.3 is 4.42 Å². The molecule has 1 N–H and O–H groups in total. The van der Waals surface area contributed by atoms with Gasteiger partial charge in [-0.1, -0.05) is 30.3 Å². The van der Waals surface area contributed by atoms with Gasteiger partial charge in [-0.15, -0.1) is 0 Å². The maximum absolute atomic E-state index is 12.0. The van der Waals surface area contributed by atoms with Crippen molar-refractivity contribution in [2.45, 2.75) is 20.3 Å². The van der Waals surface area contributed by atoms with Crippen molar-refractivity contribution in [2.75, 3.05) is 0 Å². The molecule has 28 heavy (non-hydrogen) atoms. The Kier molecular flexibility index (Phi) is 5.64. The number of nitro benzene ring substituents is 1. The van der Waals surface area contributed by atoms with Crippen LogP contribution >= 0.6 is 0 Å². The molecule has 0 aliphatic heterocycles. The average molecular weight is 377 g/mol. The van der Waals surface area contributed by atoms with Crippen LogP contribution in [0.25, 0.3) is 11.3 Å². The smallest absolute Gasteiger partial charge is 0.270 e. The zero-order valence-corrected chi connectivity index (χ0v) is 15.5. The highest BCUT2D eigenvalue weighted by molar-refractivity contribution is 5.82. The van der Waals surface area contributed by atoms with E-state index in [1.54, 1.807) is 24.3 Å². The fraction of sp³-hybridized carbons (Fsp3) is 0.143. The van der Waals surface area contributed by atoms with Crippen LogP contribution in [0, 0.1) is 24.0 Å². The Labute approximate surface area is 161 Å². The van der Waals surface area contributed by atoms with Crippen LogP contribution in [0.2, 0.25) is 0 Å². The molecule has 0 atom stereocenters. The van der Waals surface area contributed by atoms with E-state index in [0.29, 0.717) is 17.1 Å². The number of hydrazone groups is 1. The lowest BCUT2D eigenvalue weighted by Gasteiger charge is -2.04. The largest absolute Gasteiger partial charge is 0.455 e. The fourth-order valence-corrected chi connectivity index (χ4v) is 2.66. The number of nitrogens with one attached hydrogen (secondary N) is 1. The Morgan fingerprint density at radius 1 is 1.14 bits per heavy atom. The Balaban J connectivity index is 1.61. The highest BCUT2D eigenvalue weighted by Crippen LogP contribution is 2.25. The van der Waals surface area contributed by atoms with Crippen molar-refractivity contribution in [1.82, 2.24) is 5.43 Å². The highest BCUT2D eigenvalue weighted by atomic mass is 16.6. The first-order valence-electron chi connectivity index (χ1n) is 8.65. The number of nitro groups is 1. The zero-order chi connectivity index (χ0) is 20.1. The van der Waals surface area contributed by atoms with Crippen molar-refractivity contribution in [1.29, 1.82) is 0 Å². The molecule has 7 heteroatoms. The molecular weight excluding hydrogens is 358 g/mol. The summed E-state index contributed by atoms with van der Waals surface area (Å²) < 4.78 is 5.61. The minimum absolute atomic E-state index is 0.0114. The molecule has 0 saturated carbocycles. The van der Waals surface area contributed by atoms with E-state index in [4.69, 9.17) is 4.42 Å². The highest BCUT2D eigenvalue weighted by Gasteiger charge is 2.10. The molecule has 3 aromatic rings. The lowest BCUT2D eigenvalue weighted by Crippen LogP contribution is -2.19. The number of amides is 1. The van der Waals surface area contributed by atoms with Gasteiger partial charge in [-0.05, 0) is 42.7 Å². The van der Waals surface area contributed by atoms with Gasteiger partial charge in [0.05, 0.1) is 17.6 Å². The number of nitrogens with zero attached hydrogens (tertiary/aromatic N) is 2. The van der Waals surface area contributed by atoms with E-state index in [-0.39, 0.29) is 18.0 Å². The standard InChI is InChI=1S/C21H19N3O4/c1-14-6-7-16(10-15(14)2)11-21(25)23-22-13-19-8-9-20(28-19)17-4-3-5-18(12-17)24(26)27/h3-10,12-13H,11H2,1-2H3,(H,23,25)/b22-13-. The lowest BCUT2D eigenvalue weighted by atomic mass is 10.0. The summed E-state index contributed by atoms with van der Waals surface area (Å²) in [5.41, 5.74) is 6.28. The number of non-ortho nitro benzene ring substituents is 1. The third-order valence-corrected chi connectivity index (χ3v) is 4.29. The van der Waals surface area contributed by atoms with E-state index in [2.05, 4.69) is 10.5 Å². The van der Waals surface area contributed by atoms with E-state index in [1.165, 1.54) is 23.9 Å². The number of hydrogen-bond donors (Lipinski definition) is 1. The minimum atomic E-state index is -0.458. The van der Waals surface area contributed by atoms with Gasteiger partial charge in [-0.3, -0.25) is 14.9 Å². The number of aryl methyl sites for hydroxylation is 2. The Bertz CT molecular complexity index is 1050. The van der Waals surface area contributed by atoms with Gasteiger partial charge in [0, 0.05) is 17.7 Å². The van der Waals surface area contributed by atoms with E-state index in [9.17, 15) is 14.9 Å². The Morgan fingerprint density at radius 2 is 1.96 bits per heavy atom. The third-order valence-electron chi connectivity index (χ3n) is 4.29. The quantitative estimate of drug-likeness (QED) is 0.396.